The lowest BCUT2D eigenvalue weighted by atomic mass is 9.91. The van der Waals surface area contributed by atoms with E-state index in [0.717, 1.165) is 23.0 Å². The van der Waals surface area contributed by atoms with Crippen molar-refractivity contribution in [1.82, 2.24) is 4.90 Å². The number of hydrogen-bond acceptors (Lipinski definition) is 3. The molecule has 1 saturated carbocycles. The molecular formula is C14H19BrN2O2. The van der Waals surface area contributed by atoms with Crippen LogP contribution in [0.4, 0.5) is 5.69 Å². The number of benzene rings is 1. The predicted molar refractivity (Wildman–Crippen MR) is 79.1 cm³/mol. The quantitative estimate of drug-likeness (QED) is 0.842. The summed E-state index contributed by atoms with van der Waals surface area (Å²) >= 11 is 3.36. The van der Waals surface area contributed by atoms with Crippen molar-refractivity contribution in [3.8, 4) is 0 Å². The second-order valence-corrected chi connectivity index (χ2v) is 5.75. The molecule has 0 spiro atoms. The van der Waals surface area contributed by atoms with Gasteiger partial charge in [0.25, 0.3) is 0 Å². The molecule has 0 aliphatic heterocycles. The molecule has 2 N–H and O–H groups in total. The molecule has 1 amide bonds. The Morgan fingerprint density at radius 2 is 2.05 bits per heavy atom. The number of amides is 1. The average Bonchev–Trinajstić information content (AvgIpc) is 2.30. The van der Waals surface area contributed by atoms with Crippen LogP contribution in [0.15, 0.2) is 28.7 Å². The van der Waals surface area contributed by atoms with Crippen LogP contribution < -0.4 is 5.32 Å². The number of anilines is 1. The smallest absolute Gasteiger partial charge is 0.238 e. The van der Waals surface area contributed by atoms with Gasteiger partial charge in [-0.05, 0) is 37.1 Å². The lowest BCUT2D eigenvalue weighted by molar-refractivity contribution is -0.118. The number of carbonyl (C=O) groups is 1. The Morgan fingerprint density at radius 1 is 1.37 bits per heavy atom. The van der Waals surface area contributed by atoms with E-state index in [2.05, 4.69) is 26.1 Å². The molecule has 1 aliphatic carbocycles. The fourth-order valence-electron chi connectivity index (χ4n) is 2.19. The molecule has 0 saturated heterocycles. The van der Waals surface area contributed by atoms with E-state index in [1.165, 1.54) is 6.42 Å². The van der Waals surface area contributed by atoms with Crippen molar-refractivity contribution in [2.24, 2.45) is 0 Å². The number of aliphatic hydroxyl groups excluding tert-OH is 1. The van der Waals surface area contributed by atoms with Crippen LogP contribution in [0.25, 0.3) is 0 Å². The summed E-state index contributed by atoms with van der Waals surface area (Å²) in [5.74, 6) is -0.0253. The summed E-state index contributed by atoms with van der Waals surface area (Å²) < 4.78 is 0.988. The largest absolute Gasteiger partial charge is 0.395 e. The van der Waals surface area contributed by atoms with Gasteiger partial charge in [0, 0.05) is 22.7 Å². The number of halogens is 1. The van der Waals surface area contributed by atoms with Crippen LogP contribution in [0.2, 0.25) is 0 Å². The fourth-order valence-corrected chi connectivity index (χ4v) is 2.45. The van der Waals surface area contributed by atoms with Gasteiger partial charge in [0.15, 0.2) is 0 Å². The van der Waals surface area contributed by atoms with Gasteiger partial charge >= 0.3 is 0 Å². The first-order valence-corrected chi connectivity index (χ1v) is 7.38. The van der Waals surface area contributed by atoms with Crippen molar-refractivity contribution in [1.29, 1.82) is 0 Å². The summed E-state index contributed by atoms with van der Waals surface area (Å²) in [6.45, 7) is 1.02. The first-order chi connectivity index (χ1) is 9.19. The van der Waals surface area contributed by atoms with Crippen LogP contribution in [-0.2, 0) is 4.79 Å². The fraction of sp³-hybridized carbons (Fsp3) is 0.500. The Labute approximate surface area is 121 Å². The van der Waals surface area contributed by atoms with Gasteiger partial charge in [0.2, 0.25) is 5.91 Å². The van der Waals surface area contributed by atoms with Gasteiger partial charge in [-0.25, -0.2) is 0 Å². The summed E-state index contributed by atoms with van der Waals surface area (Å²) in [7, 11) is 0. The average molecular weight is 327 g/mol. The predicted octanol–water partition coefficient (Wildman–Crippen LogP) is 2.23. The summed E-state index contributed by atoms with van der Waals surface area (Å²) in [5, 5.41) is 11.9. The maximum absolute atomic E-state index is 12.0. The van der Waals surface area contributed by atoms with Gasteiger partial charge in [-0.2, -0.15) is 0 Å². The summed E-state index contributed by atoms with van der Waals surface area (Å²) in [4.78, 5) is 14.0. The van der Waals surface area contributed by atoms with Gasteiger partial charge in [0.05, 0.1) is 13.2 Å². The normalized spacial score (nSPS) is 15.3. The molecule has 1 fully saturated rings. The van der Waals surface area contributed by atoms with Crippen molar-refractivity contribution in [3.05, 3.63) is 28.7 Å². The molecule has 1 aliphatic rings. The van der Waals surface area contributed by atoms with Crippen LogP contribution in [-0.4, -0.2) is 41.7 Å². The van der Waals surface area contributed by atoms with Crippen LogP contribution in [0.5, 0.6) is 0 Å². The third-order valence-electron chi connectivity index (χ3n) is 3.45. The second kappa shape index (κ2) is 7.03. The van der Waals surface area contributed by atoms with Gasteiger partial charge in [-0.1, -0.05) is 22.4 Å². The number of aliphatic hydroxyl groups is 1. The molecule has 0 unspecified atom stereocenters. The third kappa shape index (κ3) is 4.30. The number of hydrogen-bond donors (Lipinski definition) is 2. The topological polar surface area (TPSA) is 52.6 Å². The van der Waals surface area contributed by atoms with Gasteiger partial charge in [0.1, 0.15) is 0 Å². The minimum atomic E-state index is -0.0253. The summed E-state index contributed by atoms with van der Waals surface area (Å²) in [6.07, 6.45) is 3.48. The highest BCUT2D eigenvalue weighted by atomic mass is 79.9. The Kier molecular flexibility index (Phi) is 5.36. The SMILES string of the molecule is O=C(CN(CCO)C1CCC1)Nc1ccc(Br)cc1. The molecule has 5 heteroatoms. The number of nitrogens with one attached hydrogen (secondary N) is 1. The Hall–Kier alpha value is -0.910. The van der Waals surface area contributed by atoms with E-state index in [9.17, 15) is 4.79 Å². The lowest BCUT2D eigenvalue weighted by Crippen LogP contribution is -2.45. The Morgan fingerprint density at radius 3 is 2.58 bits per heavy atom. The third-order valence-corrected chi connectivity index (χ3v) is 3.98. The summed E-state index contributed by atoms with van der Waals surface area (Å²) in [6, 6.07) is 7.98. The molecule has 104 valence electrons. The first-order valence-electron chi connectivity index (χ1n) is 6.59. The van der Waals surface area contributed by atoms with Crippen LogP contribution >= 0.6 is 15.9 Å². The molecule has 0 bridgehead atoms. The van der Waals surface area contributed by atoms with Crippen molar-refractivity contribution in [2.75, 3.05) is 25.0 Å². The minimum Gasteiger partial charge on any atom is -0.395 e. The standard InChI is InChI=1S/C14H19BrN2O2/c15-11-4-6-12(7-5-11)16-14(19)10-17(8-9-18)13-2-1-3-13/h4-7,13,18H,1-3,8-10H2,(H,16,19). The lowest BCUT2D eigenvalue weighted by Gasteiger charge is -2.36. The molecule has 4 nitrogen and oxygen atoms in total. The molecule has 1 aromatic carbocycles. The number of nitrogens with zero attached hydrogens (tertiary/aromatic N) is 1. The van der Waals surface area contributed by atoms with Crippen LogP contribution in [0.1, 0.15) is 19.3 Å². The van der Waals surface area contributed by atoms with Gasteiger partial charge < -0.3 is 10.4 Å². The van der Waals surface area contributed by atoms with Crippen LogP contribution in [0, 0.1) is 0 Å². The molecule has 19 heavy (non-hydrogen) atoms. The molecule has 0 radical (unpaired) electrons. The Bertz CT molecular complexity index is 418. The molecule has 0 heterocycles. The molecule has 0 aromatic heterocycles. The highest BCUT2D eigenvalue weighted by molar-refractivity contribution is 9.10. The highest BCUT2D eigenvalue weighted by Crippen LogP contribution is 2.24. The Balaban J connectivity index is 1.86. The molecule has 2 rings (SSSR count). The highest BCUT2D eigenvalue weighted by Gasteiger charge is 2.25. The van der Waals surface area contributed by atoms with Crippen molar-refractivity contribution in [3.63, 3.8) is 0 Å². The van der Waals surface area contributed by atoms with Crippen LogP contribution in [0.3, 0.4) is 0 Å². The van der Waals surface area contributed by atoms with Crippen molar-refractivity contribution in [2.45, 2.75) is 25.3 Å². The molecule has 1 aromatic rings. The minimum absolute atomic E-state index is 0.0253. The van der Waals surface area contributed by atoms with E-state index in [0.29, 0.717) is 19.1 Å². The summed E-state index contributed by atoms with van der Waals surface area (Å²) in [5.41, 5.74) is 0.797. The van der Waals surface area contributed by atoms with E-state index in [1.54, 1.807) is 0 Å². The van der Waals surface area contributed by atoms with Crippen molar-refractivity contribution < 1.29 is 9.90 Å². The van der Waals surface area contributed by atoms with E-state index in [-0.39, 0.29) is 12.5 Å². The maximum atomic E-state index is 12.0. The first kappa shape index (κ1) is 14.5. The zero-order valence-electron chi connectivity index (χ0n) is 10.8. The van der Waals surface area contributed by atoms with Crippen molar-refractivity contribution >= 4 is 27.5 Å². The van der Waals surface area contributed by atoms with Gasteiger partial charge in [-0.15, -0.1) is 0 Å². The monoisotopic (exact) mass is 326 g/mol. The zero-order chi connectivity index (χ0) is 13.7. The molecular weight excluding hydrogens is 308 g/mol. The van der Waals surface area contributed by atoms with Gasteiger partial charge in [-0.3, -0.25) is 9.69 Å². The number of rotatable bonds is 6. The van der Waals surface area contributed by atoms with E-state index in [4.69, 9.17) is 5.11 Å². The zero-order valence-corrected chi connectivity index (χ0v) is 12.4. The van der Waals surface area contributed by atoms with E-state index in [1.807, 2.05) is 24.3 Å². The second-order valence-electron chi connectivity index (χ2n) is 4.83. The number of carbonyl (C=O) groups excluding carboxylic acids is 1. The van der Waals surface area contributed by atoms with E-state index < -0.39 is 0 Å². The van der Waals surface area contributed by atoms with E-state index >= 15 is 0 Å². The molecule has 0 atom stereocenters. The maximum Gasteiger partial charge on any atom is 0.238 e.